The van der Waals surface area contributed by atoms with Gasteiger partial charge in [0.15, 0.2) is 0 Å². The van der Waals surface area contributed by atoms with Crippen LogP contribution in [-0.2, 0) is 0 Å². The van der Waals surface area contributed by atoms with Gasteiger partial charge in [0.1, 0.15) is 18.0 Å². The second-order valence-electron chi connectivity index (χ2n) is 7.16. The molecule has 2 saturated heterocycles. The van der Waals surface area contributed by atoms with Gasteiger partial charge in [0.2, 0.25) is 0 Å². The third-order valence-corrected chi connectivity index (χ3v) is 5.50. The Balaban J connectivity index is 1.56. The average molecular weight is 354 g/mol. The molecule has 1 aromatic rings. The van der Waals surface area contributed by atoms with Crippen LogP contribution in [0.3, 0.4) is 0 Å². The summed E-state index contributed by atoms with van der Waals surface area (Å²) in [6, 6.07) is 6.04. The molecule has 0 unspecified atom stereocenters. The van der Waals surface area contributed by atoms with Crippen molar-refractivity contribution in [2.45, 2.75) is 37.2 Å². The summed E-state index contributed by atoms with van der Waals surface area (Å²) in [4.78, 5) is 4.04. The molecule has 2 heterocycles. The summed E-state index contributed by atoms with van der Waals surface area (Å²) >= 11 is 0. The highest BCUT2D eigenvalue weighted by Crippen LogP contribution is 2.27. The number of hydrogen-bond donors (Lipinski definition) is 4. The number of aliphatic hydroxyl groups is 4. The molecule has 25 heavy (non-hydrogen) atoms. The Bertz CT molecular complexity index is 568. The molecule has 0 bridgehead atoms. The Kier molecular flexibility index (Phi) is 5.91. The number of β-amino-alcohol motifs (C(OH)–C–C–N with tert-alkyl or cyclic N) is 1. The van der Waals surface area contributed by atoms with Gasteiger partial charge in [-0.25, -0.2) is 4.39 Å². The number of hydrogen-bond acceptors (Lipinski definition) is 6. The summed E-state index contributed by atoms with van der Waals surface area (Å²) in [6.45, 7) is 2.28. The fourth-order valence-electron chi connectivity index (χ4n) is 3.97. The van der Waals surface area contributed by atoms with E-state index in [0.717, 1.165) is 31.6 Å². The molecule has 4 N–H and O–H groups in total. The van der Waals surface area contributed by atoms with Crippen molar-refractivity contribution in [2.24, 2.45) is 5.92 Å². The largest absolute Gasteiger partial charge is 0.395 e. The van der Waals surface area contributed by atoms with E-state index in [1.807, 2.05) is 11.0 Å². The van der Waals surface area contributed by atoms with E-state index in [2.05, 4.69) is 4.90 Å². The van der Waals surface area contributed by atoms with E-state index in [4.69, 9.17) is 0 Å². The smallest absolute Gasteiger partial charge is 0.125 e. The number of nitrogens with zero attached hydrogens (tertiary/aromatic N) is 2. The SMILES string of the molecule is OC[C@H]1[C@@H](O)[C@H](O)[C@@H](O)CN1CC1CCN(c2cccc(F)c2)CC1. The Hall–Kier alpha value is -1.25. The molecule has 2 fully saturated rings. The van der Waals surface area contributed by atoms with Crippen LogP contribution in [0.2, 0.25) is 0 Å². The molecule has 3 rings (SSSR count). The maximum absolute atomic E-state index is 13.4. The average Bonchev–Trinajstić information content (AvgIpc) is 2.61. The number of aliphatic hydroxyl groups excluding tert-OH is 4. The van der Waals surface area contributed by atoms with Crippen LogP contribution < -0.4 is 4.90 Å². The lowest BCUT2D eigenvalue weighted by Gasteiger charge is -2.45. The zero-order chi connectivity index (χ0) is 18.0. The van der Waals surface area contributed by atoms with Gasteiger partial charge in [-0.2, -0.15) is 0 Å². The first kappa shape index (κ1) is 18.5. The third-order valence-electron chi connectivity index (χ3n) is 5.50. The second kappa shape index (κ2) is 7.97. The highest BCUT2D eigenvalue weighted by atomic mass is 19.1. The van der Waals surface area contributed by atoms with Crippen molar-refractivity contribution >= 4 is 5.69 Å². The molecule has 0 aromatic heterocycles. The molecule has 0 saturated carbocycles. The molecule has 0 spiro atoms. The highest BCUT2D eigenvalue weighted by molar-refractivity contribution is 5.46. The standard InChI is InChI=1S/C18H27FN2O4/c19-13-2-1-3-14(8-13)20-6-4-12(5-7-20)9-21-10-16(23)18(25)17(24)15(21)11-22/h1-3,8,12,15-18,22-25H,4-7,9-11H2/t15-,16-,17+,18+/m0/s1. The van der Waals surface area contributed by atoms with Crippen LogP contribution >= 0.6 is 0 Å². The summed E-state index contributed by atoms with van der Waals surface area (Å²) in [5.41, 5.74) is 0.888. The molecular formula is C18H27FN2O4. The lowest BCUT2D eigenvalue weighted by atomic mass is 9.90. The molecule has 0 aliphatic carbocycles. The van der Waals surface area contributed by atoms with E-state index in [1.165, 1.54) is 6.07 Å². The van der Waals surface area contributed by atoms with Crippen molar-refractivity contribution in [1.82, 2.24) is 4.90 Å². The molecule has 2 aliphatic heterocycles. The van der Waals surface area contributed by atoms with Gasteiger partial charge in [-0.15, -0.1) is 0 Å². The lowest BCUT2D eigenvalue weighted by molar-refractivity contribution is -0.147. The Morgan fingerprint density at radius 1 is 1.08 bits per heavy atom. The second-order valence-corrected chi connectivity index (χ2v) is 7.16. The Morgan fingerprint density at radius 2 is 1.80 bits per heavy atom. The monoisotopic (exact) mass is 354 g/mol. The number of rotatable bonds is 4. The van der Waals surface area contributed by atoms with Crippen molar-refractivity contribution in [3.05, 3.63) is 30.1 Å². The van der Waals surface area contributed by atoms with Crippen LogP contribution in [0.15, 0.2) is 24.3 Å². The summed E-state index contributed by atoms with van der Waals surface area (Å²) in [6.07, 6.45) is -1.55. The Labute approximate surface area is 147 Å². The first-order chi connectivity index (χ1) is 12.0. The fourth-order valence-corrected chi connectivity index (χ4v) is 3.97. The van der Waals surface area contributed by atoms with E-state index >= 15 is 0 Å². The minimum atomic E-state index is -1.22. The first-order valence-corrected chi connectivity index (χ1v) is 8.89. The quantitative estimate of drug-likeness (QED) is 0.599. The van der Waals surface area contributed by atoms with E-state index < -0.39 is 24.4 Å². The summed E-state index contributed by atoms with van der Waals surface area (Å²) < 4.78 is 13.4. The summed E-state index contributed by atoms with van der Waals surface area (Å²) in [7, 11) is 0. The van der Waals surface area contributed by atoms with Gasteiger partial charge >= 0.3 is 0 Å². The maximum Gasteiger partial charge on any atom is 0.125 e. The molecule has 2 aliphatic rings. The topological polar surface area (TPSA) is 87.4 Å². The van der Waals surface area contributed by atoms with Crippen LogP contribution in [0.4, 0.5) is 10.1 Å². The van der Waals surface area contributed by atoms with Crippen LogP contribution in [0.5, 0.6) is 0 Å². The normalized spacial score (nSPS) is 32.1. The predicted octanol–water partition coefficient (Wildman–Crippen LogP) is -0.199. The summed E-state index contributed by atoms with van der Waals surface area (Å²) in [5, 5.41) is 39.3. The number of piperidine rings is 2. The van der Waals surface area contributed by atoms with E-state index in [1.54, 1.807) is 12.1 Å². The molecule has 0 radical (unpaired) electrons. The lowest BCUT2D eigenvalue weighted by Crippen LogP contribution is -2.63. The molecule has 7 heteroatoms. The van der Waals surface area contributed by atoms with E-state index in [9.17, 15) is 24.8 Å². The van der Waals surface area contributed by atoms with Crippen LogP contribution in [0, 0.1) is 11.7 Å². The van der Waals surface area contributed by atoms with Crippen LogP contribution in [0.1, 0.15) is 12.8 Å². The molecule has 140 valence electrons. The van der Waals surface area contributed by atoms with Crippen molar-refractivity contribution in [2.75, 3.05) is 37.7 Å². The first-order valence-electron chi connectivity index (χ1n) is 8.89. The number of halogens is 1. The van der Waals surface area contributed by atoms with Crippen molar-refractivity contribution in [3.8, 4) is 0 Å². The minimum absolute atomic E-state index is 0.236. The van der Waals surface area contributed by atoms with Gasteiger partial charge in [-0.05, 0) is 37.0 Å². The van der Waals surface area contributed by atoms with Crippen LogP contribution in [0.25, 0.3) is 0 Å². The number of anilines is 1. The van der Waals surface area contributed by atoms with Gasteiger partial charge in [0, 0.05) is 31.9 Å². The van der Waals surface area contributed by atoms with Gasteiger partial charge in [0.25, 0.3) is 0 Å². The zero-order valence-electron chi connectivity index (χ0n) is 14.2. The summed E-state index contributed by atoms with van der Waals surface area (Å²) in [5.74, 6) is 0.133. The number of likely N-dealkylation sites (tertiary alicyclic amines) is 1. The molecule has 0 amide bonds. The highest BCUT2D eigenvalue weighted by Gasteiger charge is 2.41. The van der Waals surface area contributed by atoms with Gasteiger partial charge < -0.3 is 25.3 Å². The van der Waals surface area contributed by atoms with Gasteiger partial charge in [-0.3, -0.25) is 4.90 Å². The maximum atomic E-state index is 13.4. The van der Waals surface area contributed by atoms with E-state index in [0.29, 0.717) is 12.5 Å². The fraction of sp³-hybridized carbons (Fsp3) is 0.667. The third kappa shape index (κ3) is 4.12. The van der Waals surface area contributed by atoms with Crippen molar-refractivity contribution in [1.29, 1.82) is 0 Å². The van der Waals surface area contributed by atoms with E-state index in [-0.39, 0.29) is 19.0 Å². The van der Waals surface area contributed by atoms with Crippen molar-refractivity contribution < 1.29 is 24.8 Å². The minimum Gasteiger partial charge on any atom is -0.395 e. The molecule has 1 aromatic carbocycles. The van der Waals surface area contributed by atoms with Crippen molar-refractivity contribution in [3.63, 3.8) is 0 Å². The van der Waals surface area contributed by atoms with Crippen LogP contribution in [-0.4, -0.2) is 82.5 Å². The molecule has 4 atom stereocenters. The number of benzene rings is 1. The predicted molar refractivity (Wildman–Crippen MR) is 91.8 cm³/mol. The van der Waals surface area contributed by atoms with Gasteiger partial charge in [0.05, 0.1) is 18.8 Å². The molecular weight excluding hydrogens is 327 g/mol. The van der Waals surface area contributed by atoms with Gasteiger partial charge in [-0.1, -0.05) is 6.07 Å². The molecule has 6 nitrogen and oxygen atoms in total. The Morgan fingerprint density at radius 3 is 2.44 bits per heavy atom. The zero-order valence-corrected chi connectivity index (χ0v) is 14.2.